The highest BCUT2D eigenvalue weighted by molar-refractivity contribution is 7.13. The van der Waals surface area contributed by atoms with E-state index in [0.29, 0.717) is 22.9 Å². The lowest BCUT2D eigenvalue weighted by atomic mass is 10.2. The van der Waals surface area contributed by atoms with Crippen molar-refractivity contribution < 1.29 is 14.3 Å². The molecule has 2 aromatic heterocycles. The van der Waals surface area contributed by atoms with Crippen LogP contribution in [0.25, 0.3) is 21.6 Å². The molecule has 0 saturated carbocycles. The van der Waals surface area contributed by atoms with Gasteiger partial charge in [0.15, 0.2) is 0 Å². The molecule has 4 aromatic rings. The highest BCUT2D eigenvalue weighted by atomic mass is 32.1. The van der Waals surface area contributed by atoms with Crippen LogP contribution in [0.4, 0.5) is 5.69 Å². The number of benzene rings is 2. The Morgan fingerprint density at radius 1 is 1.11 bits per heavy atom. The molecule has 2 heterocycles. The number of anilines is 1. The van der Waals surface area contributed by atoms with Gasteiger partial charge in [0, 0.05) is 29.4 Å². The van der Waals surface area contributed by atoms with Gasteiger partial charge in [0.25, 0.3) is 5.91 Å². The molecule has 0 bridgehead atoms. The zero-order valence-corrected chi connectivity index (χ0v) is 16.5. The van der Waals surface area contributed by atoms with Gasteiger partial charge in [0.1, 0.15) is 22.2 Å². The fourth-order valence-corrected chi connectivity index (χ4v) is 3.93. The van der Waals surface area contributed by atoms with Crippen LogP contribution in [0.15, 0.2) is 53.9 Å². The van der Waals surface area contributed by atoms with E-state index < -0.39 is 0 Å². The highest BCUT2D eigenvalue weighted by Crippen LogP contribution is 2.31. The van der Waals surface area contributed by atoms with Crippen molar-refractivity contribution in [3.05, 3.63) is 59.6 Å². The zero-order chi connectivity index (χ0) is 19.7. The van der Waals surface area contributed by atoms with Gasteiger partial charge in [-0.15, -0.1) is 11.3 Å². The van der Waals surface area contributed by atoms with Crippen LogP contribution < -0.4 is 14.8 Å². The Morgan fingerprint density at radius 3 is 2.68 bits per heavy atom. The molecule has 2 aromatic carbocycles. The SMILES string of the molecule is COc1ccc(NC(=O)c2csc(-c3cc4ccccc4n3C)n2)c(OC)c1. The third-order valence-electron chi connectivity index (χ3n) is 4.56. The molecule has 28 heavy (non-hydrogen) atoms. The number of hydrogen-bond donors (Lipinski definition) is 1. The largest absolute Gasteiger partial charge is 0.497 e. The smallest absolute Gasteiger partial charge is 0.275 e. The van der Waals surface area contributed by atoms with Gasteiger partial charge in [-0.2, -0.15) is 0 Å². The van der Waals surface area contributed by atoms with Crippen LogP contribution in [0.3, 0.4) is 0 Å². The van der Waals surface area contributed by atoms with E-state index in [0.717, 1.165) is 21.6 Å². The quantitative estimate of drug-likeness (QED) is 0.539. The second-order valence-corrected chi connectivity index (χ2v) is 7.06. The van der Waals surface area contributed by atoms with Crippen molar-refractivity contribution in [2.24, 2.45) is 7.05 Å². The molecule has 0 unspecified atom stereocenters. The molecule has 0 radical (unpaired) electrons. The number of aryl methyl sites for hydroxylation is 1. The van der Waals surface area contributed by atoms with E-state index in [9.17, 15) is 4.79 Å². The first-order valence-electron chi connectivity index (χ1n) is 8.64. The molecular weight excluding hydrogens is 374 g/mol. The zero-order valence-electron chi connectivity index (χ0n) is 15.7. The molecule has 0 spiro atoms. The number of ether oxygens (including phenoxy) is 2. The highest BCUT2D eigenvalue weighted by Gasteiger charge is 2.17. The van der Waals surface area contributed by atoms with Gasteiger partial charge in [0.05, 0.1) is 25.6 Å². The molecule has 0 aliphatic heterocycles. The Balaban J connectivity index is 1.60. The summed E-state index contributed by atoms with van der Waals surface area (Å²) in [4.78, 5) is 17.2. The Labute approximate surface area is 166 Å². The summed E-state index contributed by atoms with van der Waals surface area (Å²) < 4.78 is 12.6. The van der Waals surface area contributed by atoms with Crippen LogP contribution in [-0.2, 0) is 7.05 Å². The number of amides is 1. The second kappa shape index (κ2) is 7.36. The van der Waals surface area contributed by atoms with Gasteiger partial charge < -0.3 is 19.4 Å². The summed E-state index contributed by atoms with van der Waals surface area (Å²) >= 11 is 1.44. The van der Waals surface area contributed by atoms with Crippen molar-refractivity contribution in [1.29, 1.82) is 0 Å². The third-order valence-corrected chi connectivity index (χ3v) is 5.43. The Kier molecular flexibility index (Phi) is 4.75. The van der Waals surface area contributed by atoms with Crippen LogP contribution in [-0.4, -0.2) is 29.7 Å². The number of carbonyl (C=O) groups excluding carboxylic acids is 1. The minimum Gasteiger partial charge on any atom is -0.497 e. The first kappa shape index (κ1) is 18.1. The summed E-state index contributed by atoms with van der Waals surface area (Å²) in [6.07, 6.45) is 0. The number of nitrogens with zero attached hydrogens (tertiary/aromatic N) is 2. The normalized spacial score (nSPS) is 10.8. The van der Waals surface area contributed by atoms with Gasteiger partial charge in [-0.1, -0.05) is 18.2 Å². The lowest BCUT2D eigenvalue weighted by Gasteiger charge is -2.10. The monoisotopic (exact) mass is 393 g/mol. The topological polar surface area (TPSA) is 65.4 Å². The van der Waals surface area contributed by atoms with Gasteiger partial charge in [-0.05, 0) is 24.3 Å². The van der Waals surface area contributed by atoms with Crippen molar-refractivity contribution in [1.82, 2.24) is 9.55 Å². The van der Waals surface area contributed by atoms with E-state index in [1.54, 1.807) is 37.8 Å². The lowest BCUT2D eigenvalue weighted by Crippen LogP contribution is -2.13. The molecular formula is C21H19N3O3S. The summed E-state index contributed by atoms with van der Waals surface area (Å²) in [5.74, 6) is 0.892. The van der Waals surface area contributed by atoms with Crippen molar-refractivity contribution in [2.75, 3.05) is 19.5 Å². The molecule has 142 valence electrons. The fraction of sp³-hybridized carbons (Fsp3) is 0.143. The minimum atomic E-state index is -0.287. The standard InChI is InChI=1S/C21H19N3O3S/c1-24-17-7-5-4-6-13(17)10-18(24)21-23-16(12-28-21)20(25)22-15-9-8-14(26-2)11-19(15)27-3/h4-12H,1-3H3,(H,22,25). The average molecular weight is 393 g/mol. The molecule has 6 nitrogen and oxygen atoms in total. The number of nitrogens with one attached hydrogen (secondary N) is 1. The van der Waals surface area contributed by atoms with Crippen molar-refractivity contribution in [2.45, 2.75) is 0 Å². The van der Waals surface area contributed by atoms with E-state index in [2.05, 4.69) is 33.1 Å². The Hall–Kier alpha value is -3.32. The first-order valence-corrected chi connectivity index (χ1v) is 9.52. The molecule has 4 rings (SSSR count). The molecule has 1 amide bonds. The molecule has 1 N–H and O–H groups in total. The van der Waals surface area contributed by atoms with Gasteiger partial charge >= 0.3 is 0 Å². The summed E-state index contributed by atoms with van der Waals surface area (Å²) in [5.41, 5.74) is 3.03. The number of fused-ring (bicyclic) bond motifs is 1. The summed E-state index contributed by atoms with van der Waals surface area (Å²) in [7, 11) is 5.13. The van der Waals surface area contributed by atoms with E-state index in [1.807, 2.05) is 19.2 Å². The first-order chi connectivity index (χ1) is 13.6. The Morgan fingerprint density at radius 2 is 1.93 bits per heavy atom. The predicted molar refractivity (Wildman–Crippen MR) is 112 cm³/mol. The predicted octanol–water partition coefficient (Wildman–Crippen LogP) is 4.57. The van der Waals surface area contributed by atoms with Crippen molar-refractivity contribution in [3.63, 3.8) is 0 Å². The number of aromatic nitrogens is 2. The van der Waals surface area contributed by atoms with Crippen LogP contribution in [0.2, 0.25) is 0 Å². The van der Waals surface area contributed by atoms with E-state index in [4.69, 9.17) is 9.47 Å². The minimum absolute atomic E-state index is 0.287. The van der Waals surface area contributed by atoms with Crippen LogP contribution >= 0.6 is 11.3 Å². The van der Waals surface area contributed by atoms with Gasteiger partial charge in [0.2, 0.25) is 0 Å². The molecule has 0 aliphatic carbocycles. The van der Waals surface area contributed by atoms with Crippen LogP contribution in [0.1, 0.15) is 10.5 Å². The van der Waals surface area contributed by atoms with Gasteiger partial charge in [-0.25, -0.2) is 4.98 Å². The maximum Gasteiger partial charge on any atom is 0.275 e. The lowest BCUT2D eigenvalue weighted by molar-refractivity contribution is 0.102. The average Bonchev–Trinajstić information content (AvgIpc) is 3.33. The third kappa shape index (κ3) is 3.20. The summed E-state index contributed by atoms with van der Waals surface area (Å²) in [6.45, 7) is 0. The number of methoxy groups -OCH3 is 2. The Bertz CT molecular complexity index is 1160. The maximum atomic E-state index is 12.7. The van der Waals surface area contributed by atoms with E-state index in [1.165, 1.54) is 11.3 Å². The molecule has 0 aliphatic rings. The number of carbonyl (C=O) groups is 1. The number of rotatable bonds is 5. The number of hydrogen-bond acceptors (Lipinski definition) is 5. The van der Waals surface area contributed by atoms with Crippen molar-refractivity contribution >= 4 is 33.8 Å². The van der Waals surface area contributed by atoms with E-state index >= 15 is 0 Å². The van der Waals surface area contributed by atoms with Crippen LogP contribution in [0.5, 0.6) is 11.5 Å². The molecule has 0 atom stereocenters. The fourth-order valence-electron chi connectivity index (χ4n) is 3.08. The summed E-state index contributed by atoms with van der Waals surface area (Å²) in [5, 5.41) is 6.55. The summed E-state index contributed by atoms with van der Waals surface area (Å²) in [6, 6.07) is 15.5. The maximum absolute atomic E-state index is 12.7. The second-order valence-electron chi connectivity index (χ2n) is 6.21. The molecule has 0 fully saturated rings. The number of thiazole rings is 1. The molecule has 0 saturated heterocycles. The number of para-hydroxylation sites is 1. The molecule has 7 heteroatoms. The van der Waals surface area contributed by atoms with Crippen molar-refractivity contribution in [3.8, 4) is 22.2 Å². The van der Waals surface area contributed by atoms with E-state index in [-0.39, 0.29) is 5.91 Å². The van der Waals surface area contributed by atoms with Gasteiger partial charge in [-0.3, -0.25) is 4.79 Å². The van der Waals surface area contributed by atoms with Crippen LogP contribution in [0, 0.1) is 0 Å².